The number of methoxy groups -OCH3 is 1. The molecular formula is C19H14F2N6O3. The fourth-order valence-electron chi connectivity index (χ4n) is 2.86. The van der Waals surface area contributed by atoms with Gasteiger partial charge >= 0.3 is 0 Å². The van der Waals surface area contributed by atoms with E-state index in [2.05, 4.69) is 20.6 Å². The van der Waals surface area contributed by atoms with E-state index in [9.17, 15) is 18.4 Å². The number of carbonyl (C=O) groups excluding carboxylic acids is 1. The summed E-state index contributed by atoms with van der Waals surface area (Å²) in [6, 6.07) is 9.72. The van der Waals surface area contributed by atoms with Crippen LogP contribution in [0.2, 0.25) is 0 Å². The molecule has 0 spiro atoms. The van der Waals surface area contributed by atoms with Crippen LogP contribution in [0.5, 0.6) is 5.75 Å². The first kappa shape index (κ1) is 19.2. The van der Waals surface area contributed by atoms with E-state index >= 15 is 0 Å². The summed E-state index contributed by atoms with van der Waals surface area (Å²) >= 11 is 0. The zero-order valence-electron chi connectivity index (χ0n) is 15.5. The number of carbonyl (C=O) groups is 1. The number of nitrogens with one attached hydrogen (secondary N) is 1. The molecule has 0 atom stereocenters. The lowest BCUT2D eigenvalue weighted by Crippen LogP contribution is -2.28. The van der Waals surface area contributed by atoms with Crippen molar-refractivity contribution in [3.8, 4) is 11.4 Å². The van der Waals surface area contributed by atoms with Crippen molar-refractivity contribution in [2.75, 3.05) is 12.4 Å². The lowest BCUT2D eigenvalue weighted by Gasteiger charge is -2.10. The van der Waals surface area contributed by atoms with Crippen LogP contribution in [0.15, 0.2) is 53.6 Å². The van der Waals surface area contributed by atoms with Gasteiger partial charge in [0.2, 0.25) is 5.91 Å². The first-order valence-electron chi connectivity index (χ1n) is 8.67. The summed E-state index contributed by atoms with van der Waals surface area (Å²) < 4.78 is 34.4. The summed E-state index contributed by atoms with van der Waals surface area (Å²) in [6.45, 7) is -0.336. The highest BCUT2D eigenvalue weighted by atomic mass is 19.1. The number of amides is 1. The molecule has 0 radical (unpaired) electrons. The summed E-state index contributed by atoms with van der Waals surface area (Å²) in [5, 5.41) is 10.1. The van der Waals surface area contributed by atoms with Crippen molar-refractivity contribution >= 4 is 22.8 Å². The van der Waals surface area contributed by atoms with Gasteiger partial charge in [0.25, 0.3) is 5.56 Å². The molecule has 4 aromatic rings. The highest BCUT2D eigenvalue weighted by Gasteiger charge is 2.17. The number of para-hydroxylation sites is 2. The maximum atomic E-state index is 14.1. The minimum atomic E-state index is -0.885. The molecule has 152 valence electrons. The molecule has 0 unspecified atom stereocenters. The molecule has 9 nitrogen and oxygen atoms in total. The Balaban J connectivity index is 1.63. The first-order chi connectivity index (χ1) is 14.5. The molecular weight excluding hydrogens is 398 g/mol. The molecule has 0 fully saturated rings. The van der Waals surface area contributed by atoms with Crippen LogP contribution < -0.4 is 15.6 Å². The minimum Gasteiger partial charge on any atom is -0.495 e. The summed E-state index contributed by atoms with van der Waals surface area (Å²) in [7, 11) is 1.47. The number of ether oxygens (including phenoxy) is 1. The van der Waals surface area contributed by atoms with Crippen molar-refractivity contribution in [1.82, 2.24) is 24.5 Å². The van der Waals surface area contributed by atoms with E-state index in [1.165, 1.54) is 7.11 Å². The summed E-state index contributed by atoms with van der Waals surface area (Å²) in [4.78, 5) is 29.1. The van der Waals surface area contributed by atoms with E-state index in [1.807, 2.05) is 0 Å². The van der Waals surface area contributed by atoms with Gasteiger partial charge in [0.1, 0.15) is 30.1 Å². The van der Waals surface area contributed by atoms with E-state index in [1.54, 1.807) is 24.3 Å². The number of hydrogen-bond acceptors (Lipinski definition) is 6. The normalized spacial score (nSPS) is 10.9. The Morgan fingerprint density at radius 2 is 2.00 bits per heavy atom. The van der Waals surface area contributed by atoms with Crippen LogP contribution in [0.1, 0.15) is 0 Å². The Hall–Kier alpha value is -4.15. The third kappa shape index (κ3) is 3.48. The topological polar surface area (TPSA) is 104 Å². The summed E-state index contributed by atoms with van der Waals surface area (Å²) in [5.41, 5.74) is -0.482. The highest BCUT2D eigenvalue weighted by molar-refractivity contribution is 5.92. The maximum absolute atomic E-state index is 14.1. The molecule has 0 aliphatic carbocycles. The van der Waals surface area contributed by atoms with E-state index in [-0.39, 0.29) is 23.4 Å². The first-order valence-corrected chi connectivity index (χ1v) is 8.67. The molecule has 0 saturated heterocycles. The van der Waals surface area contributed by atoms with Crippen LogP contribution in [0.25, 0.3) is 16.9 Å². The molecule has 0 bridgehead atoms. The number of hydrogen-bond donors (Lipinski definition) is 1. The monoisotopic (exact) mass is 412 g/mol. The van der Waals surface area contributed by atoms with E-state index in [4.69, 9.17) is 4.74 Å². The Bertz CT molecular complexity index is 1320. The van der Waals surface area contributed by atoms with Gasteiger partial charge in [-0.05, 0) is 24.3 Å². The number of benzene rings is 2. The van der Waals surface area contributed by atoms with Gasteiger partial charge in [0.15, 0.2) is 17.0 Å². The number of nitrogens with zero attached hydrogens (tertiary/aromatic N) is 5. The van der Waals surface area contributed by atoms with E-state index < -0.39 is 23.1 Å². The van der Waals surface area contributed by atoms with Crippen LogP contribution in [0.4, 0.5) is 14.5 Å². The number of halogens is 2. The van der Waals surface area contributed by atoms with Crippen molar-refractivity contribution in [3.63, 3.8) is 0 Å². The summed E-state index contributed by atoms with van der Waals surface area (Å²) in [6.07, 6.45) is 1.13. The predicted octanol–water partition coefficient (Wildman–Crippen LogP) is 1.90. The standard InChI is InChI=1S/C19H14F2N6O3/c1-30-15-5-3-2-4-13(15)23-16(28)9-26-10-22-18-17(19(26)29)24-25-27(18)14-7-6-11(20)8-12(14)21/h2-8,10H,9H2,1H3,(H,23,28). The predicted molar refractivity (Wildman–Crippen MR) is 102 cm³/mol. The van der Waals surface area contributed by atoms with Gasteiger partial charge in [-0.2, -0.15) is 4.68 Å². The van der Waals surface area contributed by atoms with Gasteiger partial charge in [-0.15, -0.1) is 5.10 Å². The van der Waals surface area contributed by atoms with E-state index in [0.717, 1.165) is 27.7 Å². The van der Waals surface area contributed by atoms with Crippen molar-refractivity contribution in [1.29, 1.82) is 0 Å². The van der Waals surface area contributed by atoms with Crippen LogP contribution in [0.3, 0.4) is 0 Å². The third-order valence-electron chi connectivity index (χ3n) is 4.26. The van der Waals surface area contributed by atoms with Gasteiger partial charge in [-0.25, -0.2) is 13.8 Å². The van der Waals surface area contributed by atoms with Gasteiger partial charge < -0.3 is 10.1 Å². The van der Waals surface area contributed by atoms with Crippen molar-refractivity contribution in [3.05, 3.63) is 70.8 Å². The smallest absolute Gasteiger partial charge is 0.284 e. The van der Waals surface area contributed by atoms with Gasteiger partial charge in [-0.1, -0.05) is 17.3 Å². The second-order valence-electron chi connectivity index (χ2n) is 6.20. The lowest BCUT2D eigenvalue weighted by molar-refractivity contribution is -0.116. The lowest BCUT2D eigenvalue weighted by atomic mass is 10.3. The molecule has 0 aliphatic rings. The second-order valence-corrected chi connectivity index (χ2v) is 6.20. The van der Waals surface area contributed by atoms with Crippen LogP contribution >= 0.6 is 0 Å². The largest absolute Gasteiger partial charge is 0.495 e. The third-order valence-corrected chi connectivity index (χ3v) is 4.26. The molecule has 1 amide bonds. The Kier molecular flexibility index (Phi) is 4.92. The van der Waals surface area contributed by atoms with Crippen molar-refractivity contribution in [2.24, 2.45) is 0 Å². The fraction of sp³-hybridized carbons (Fsp3) is 0.105. The fourth-order valence-corrected chi connectivity index (χ4v) is 2.86. The van der Waals surface area contributed by atoms with Crippen molar-refractivity contribution in [2.45, 2.75) is 6.54 Å². The minimum absolute atomic E-state index is 0.0214. The number of anilines is 1. The van der Waals surface area contributed by atoms with Crippen LogP contribution in [-0.4, -0.2) is 37.6 Å². The Morgan fingerprint density at radius 3 is 2.77 bits per heavy atom. The number of aromatic nitrogens is 5. The highest BCUT2D eigenvalue weighted by Crippen LogP contribution is 2.23. The molecule has 2 aromatic heterocycles. The molecule has 30 heavy (non-hydrogen) atoms. The molecule has 0 aliphatic heterocycles. The second kappa shape index (κ2) is 7.70. The molecule has 1 N–H and O–H groups in total. The quantitative estimate of drug-likeness (QED) is 0.537. The zero-order chi connectivity index (χ0) is 21.3. The zero-order valence-corrected chi connectivity index (χ0v) is 15.5. The molecule has 0 saturated carbocycles. The average molecular weight is 412 g/mol. The number of fused-ring (bicyclic) bond motifs is 1. The van der Waals surface area contributed by atoms with Gasteiger partial charge in [0.05, 0.1) is 12.8 Å². The molecule has 4 rings (SSSR count). The SMILES string of the molecule is COc1ccccc1NC(=O)Cn1cnc2c(nnn2-c2ccc(F)cc2F)c1=O. The number of rotatable bonds is 5. The van der Waals surface area contributed by atoms with Crippen LogP contribution in [-0.2, 0) is 11.3 Å². The van der Waals surface area contributed by atoms with Gasteiger partial charge in [-0.3, -0.25) is 14.2 Å². The van der Waals surface area contributed by atoms with Gasteiger partial charge in [0, 0.05) is 6.07 Å². The molecule has 11 heteroatoms. The molecule has 2 aromatic carbocycles. The van der Waals surface area contributed by atoms with Crippen molar-refractivity contribution < 1.29 is 18.3 Å². The average Bonchev–Trinajstić information content (AvgIpc) is 3.15. The van der Waals surface area contributed by atoms with E-state index in [0.29, 0.717) is 17.5 Å². The Labute approximate surface area is 167 Å². The Morgan fingerprint density at radius 1 is 1.20 bits per heavy atom. The molecule has 2 heterocycles. The van der Waals surface area contributed by atoms with Crippen LogP contribution in [0, 0.1) is 11.6 Å². The maximum Gasteiger partial charge on any atom is 0.284 e. The summed E-state index contributed by atoms with van der Waals surface area (Å²) in [5.74, 6) is -1.66.